The zero-order valence-corrected chi connectivity index (χ0v) is 11.9. The third-order valence-electron chi connectivity index (χ3n) is 2.54. The number of rotatable bonds is 3. The largest absolute Gasteiger partial charge is 0.369 e. The average molecular weight is 307 g/mol. The Morgan fingerprint density at radius 2 is 1.55 bits per heavy atom. The summed E-state index contributed by atoms with van der Waals surface area (Å²) in [6.07, 6.45) is 1.57. The lowest BCUT2D eigenvalue weighted by Crippen LogP contribution is -2.21. The predicted octanol–water partition coefficient (Wildman–Crippen LogP) is 3.27. The molecule has 0 aromatic heterocycles. The summed E-state index contributed by atoms with van der Waals surface area (Å²) in [6, 6.07) is 13.2. The van der Waals surface area contributed by atoms with Crippen molar-refractivity contribution in [3.63, 3.8) is 0 Å². The molecule has 0 bridgehead atoms. The van der Waals surface area contributed by atoms with Crippen LogP contribution in [0.5, 0.6) is 0 Å². The molecule has 0 aliphatic heterocycles. The fourth-order valence-electron chi connectivity index (χ4n) is 1.60. The highest BCUT2D eigenvalue weighted by atomic mass is 35.5. The highest BCUT2D eigenvalue weighted by Crippen LogP contribution is 2.28. The van der Waals surface area contributed by atoms with E-state index in [0.717, 1.165) is 16.7 Å². The van der Waals surface area contributed by atoms with Crippen molar-refractivity contribution < 1.29 is 0 Å². The van der Waals surface area contributed by atoms with Crippen molar-refractivity contribution in [2.24, 2.45) is 21.7 Å². The summed E-state index contributed by atoms with van der Waals surface area (Å²) in [4.78, 5) is 0. The number of benzene rings is 2. The van der Waals surface area contributed by atoms with Gasteiger partial charge in [-0.05, 0) is 28.8 Å². The lowest BCUT2D eigenvalue weighted by molar-refractivity contribution is 1.21. The maximum atomic E-state index is 6.00. The van der Waals surface area contributed by atoms with E-state index in [0.29, 0.717) is 10.0 Å². The molecule has 0 radical (unpaired) electrons. The zero-order valence-electron chi connectivity index (χ0n) is 10.4. The van der Waals surface area contributed by atoms with Crippen molar-refractivity contribution in [3.8, 4) is 11.1 Å². The highest BCUT2D eigenvalue weighted by molar-refractivity contribution is 6.42. The molecule has 0 spiro atoms. The van der Waals surface area contributed by atoms with Gasteiger partial charge < -0.3 is 11.5 Å². The molecule has 4 nitrogen and oxygen atoms in total. The first-order valence-electron chi connectivity index (χ1n) is 5.74. The summed E-state index contributed by atoms with van der Waals surface area (Å²) in [6.45, 7) is 0. The molecule has 0 atom stereocenters. The van der Waals surface area contributed by atoms with Crippen LogP contribution in [-0.2, 0) is 0 Å². The second-order valence-corrected chi connectivity index (χ2v) is 4.83. The Labute approximate surface area is 126 Å². The van der Waals surface area contributed by atoms with E-state index in [4.69, 9.17) is 34.7 Å². The quantitative estimate of drug-likeness (QED) is 0.518. The number of hydrogen-bond acceptors (Lipinski definition) is 2. The van der Waals surface area contributed by atoms with Crippen LogP contribution < -0.4 is 11.5 Å². The molecule has 0 saturated carbocycles. The van der Waals surface area contributed by atoms with Crippen LogP contribution in [0.25, 0.3) is 11.1 Å². The molecule has 0 aliphatic carbocycles. The fraction of sp³-hybridized carbons (Fsp3) is 0. The van der Waals surface area contributed by atoms with Gasteiger partial charge in [-0.2, -0.15) is 5.10 Å². The van der Waals surface area contributed by atoms with Gasteiger partial charge >= 0.3 is 0 Å². The Balaban J connectivity index is 2.21. The Morgan fingerprint density at radius 1 is 0.900 bits per heavy atom. The van der Waals surface area contributed by atoms with Crippen molar-refractivity contribution >= 4 is 35.4 Å². The van der Waals surface area contributed by atoms with Gasteiger partial charge in [0.05, 0.1) is 16.3 Å². The number of guanidine groups is 1. The van der Waals surface area contributed by atoms with Crippen molar-refractivity contribution in [2.75, 3.05) is 0 Å². The first-order chi connectivity index (χ1) is 9.56. The smallest absolute Gasteiger partial charge is 0.211 e. The van der Waals surface area contributed by atoms with Crippen LogP contribution in [0.15, 0.2) is 52.7 Å². The molecule has 0 amide bonds. The standard InChI is InChI=1S/C14H12Cl2N4/c15-12-6-5-11(7-13(12)16)10-3-1-9(2-4-10)8-19-20-14(17)18/h1-8H,(H4,17,18,20). The van der Waals surface area contributed by atoms with Crippen LogP contribution in [0.2, 0.25) is 10.0 Å². The normalized spacial score (nSPS) is 10.7. The number of halogens is 2. The van der Waals surface area contributed by atoms with E-state index in [-0.39, 0.29) is 5.96 Å². The minimum absolute atomic E-state index is 0.0753. The van der Waals surface area contributed by atoms with Gasteiger partial charge in [-0.3, -0.25) is 0 Å². The minimum atomic E-state index is -0.0753. The second-order valence-electron chi connectivity index (χ2n) is 4.02. The van der Waals surface area contributed by atoms with E-state index in [9.17, 15) is 0 Å². The lowest BCUT2D eigenvalue weighted by atomic mass is 10.0. The van der Waals surface area contributed by atoms with Crippen molar-refractivity contribution in [2.45, 2.75) is 0 Å². The fourth-order valence-corrected chi connectivity index (χ4v) is 1.90. The molecular formula is C14H12Cl2N4. The molecule has 0 unspecified atom stereocenters. The molecule has 6 heteroatoms. The van der Waals surface area contributed by atoms with E-state index >= 15 is 0 Å². The predicted molar refractivity (Wildman–Crippen MR) is 85.3 cm³/mol. The molecule has 102 valence electrons. The monoisotopic (exact) mass is 306 g/mol. The SMILES string of the molecule is NC(N)=NN=Cc1ccc(-c2ccc(Cl)c(Cl)c2)cc1. The van der Waals surface area contributed by atoms with Crippen LogP contribution in [-0.4, -0.2) is 12.2 Å². The van der Waals surface area contributed by atoms with Crippen LogP contribution in [0, 0.1) is 0 Å². The van der Waals surface area contributed by atoms with Gasteiger partial charge in [-0.25, -0.2) is 0 Å². The first-order valence-corrected chi connectivity index (χ1v) is 6.49. The van der Waals surface area contributed by atoms with Crippen LogP contribution in [0.3, 0.4) is 0 Å². The Morgan fingerprint density at radius 3 is 2.15 bits per heavy atom. The summed E-state index contributed by atoms with van der Waals surface area (Å²) in [5.41, 5.74) is 13.3. The molecule has 4 N–H and O–H groups in total. The molecule has 2 rings (SSSR count). The number of nitrogens with zero attached hydrogens (tertiary/aromatic N) is 2. The Kier molecular flexibility index (Phi) is 4.61. The molecule has 0 aliphatic rings. The summed E-state index contributed by atoms with van der Waals surface area (Å²) in [5, 5.41) is 8.34. The molecule has 2 aromatic rings. The van der Waals surface area contributed by atoms with Gasteiger partial charge in [-0.1, -0.05) is 53.5 Å². The van der Waals surface area contributed by atoms with E-state index in [1.807, 2.05) is 36.4 Å². The summed E-state index contributed by atoms with van der Waals surface area (Å²) in [7, 11) is 0. The minimum Gasteiger partial charge on any atom is -0.369 e. The van der Waals surface area contributed by atoms with E-state index in [1.165, 1.54) is 0 Å². The van der Waals surface area contributed by atoms with Gasteiger partial charge in [0.2, 0.25) is 5.96 Å². The summed E-state index contributed by atoms with van der Waals surface area (Å²) in [5.74, 6) is -0.0753. The van der Waals surface area contributed by atoms with Crippen molar-refractivity contribution in [3.05, 3.63) is 58.1 Å². The van der Waals surface area contributed by atoms with Gasteiger partial charge in [0.15, 0.2) is 0 Å². The van der Waals surface area contributed by atoms with E-state index in [2.05, 4.69) is 10.2 Å². The molecule has 0 saturated heterocycles. The van der Waals surface area contributed by atoms with E-state index in [1.54, 1.807) is 12.3 Å². The van der Waals surface area contributed by atoms with Gasteiger partial charge in [0, 0.05) is 0 Å². The Hall–Kier alpha value is -2.04. The molecule has 20 heavy (non-hydrogen) atoms. The van der Waals surface area contributed by atoms with E-state index < -0.39 is 0 Å². The van der Waals surface area contributed by atoms with Gasteiger partial charge in [-0.15, -0.1) is 5.10 Å². The highest BCUT2D eigenvalue weighted by Gasteiger charge is 2.01. The van der Waals surface area contributed by atoms with Crippen LogP contribution in [0.4, 0.5) is 0 Å². The maximum absolute atomic E-state index is 6.00. The summed E-state index contributed by atoms with van der Waals surface area (Å²) < 4.78 is 0. The van der Waals surface area contributed by atoms with Gasteiger partial charge in [0.1, 0.15) is 0 Å². The summed E-state index contributed by atoms with van der Waals surface area (Å²) >= 11 is 11.9. The molecule has 0 heterocycles. The second kappa shape index (κ2) is 6.41. The molecular weight excluding hydrogens is 295 g/mol. The first kappa shape index (κ1) is 14.4. The molecule has 2 aromatic carbocycles. The zero-order chi connectivity index (χ0) is 14.5. The lowest BCUT2D eigenvalue weighted by Gasteiger charge is -2.04. The maximum Gasteiger partial charge on any atom is 0.211 e. The van der Waals surface area contributed by atoms with Crippen LogP contribution >= 0.6 is 23.2 Å². The topological polar surface area (TPSA) is 76.8 Å². The Bertz CT molecular complexity index is 659. The van der Waals surface area contributed by atoms with Crippen molar-refractivity contribution in [1.82, 2.24) is 0 Å². The van der Waals surface area contributed by atoms with Crippen LogP contribution in [0.1, 0.15) is 5.56 Å². The van der Waals surface area contributed by atoms with Crippen molar-refractivity contribution in [1.29, 1.82) is 0 Å². The third-order valence-corrected chi connectivity index (χ3v) is 3.28. The number of nitrogens with two attached hydrogens (primary N) is 2. The molecule has 0 fully saturated rings. The average Bonchev–Trinajstić information content (AvgIpc) is 2.42. The number of hydrogen-bond donors (Lipinski definition) is 2. The third kappa shape index (κ3) is 3.73. The van der Waals surface area contributed by atoms with Gasteiger partial charge in [0.25, 0.3) is 0 Å².